The van der Waals surface area contributed by atoms with Crippen LogP contribution >= 0.6 is 0 Å². The van der Waals surface area contributed by atoms with E-state index >= 15 is 0 Å². The summed E-state index contributed by atoms with van der Waals surface area (Å²) in [5, 5.41) is 3.49. The third-order valence-electron chi connectivity index (χ3n) is 5.42. The fourth-order valence-electron chi connectivity index (χ4n) is 4.06. The van der Waals surface area contributed by atoms with E-state index in [1.54, 1.807) is 0 Å². The van der Waals surface area contributed by atoms with Crippen LogP contribution in [0.4, 0.5) is 0 Å². The van der Waals surface area contributed by atoms with E-state index in [1.165, 1.54) is 51.6 Å². The second-order valence-corrected chi connectivity index (χ2v) is 6.98. The molecule has 2 fully saturated rings. The Balaban J connectivity index is 1.73. The summed E-state index contributed by atoms with van der Waals surface area (Å²) < 4.78 is 0. The van der Waals surface area contributed by atoms with Crippen molar-refractivity contribution in [1.82, 2.24) is 5.32 Å². The molecule has 3 atom stereocenters. The summed E-state index contributed by atoms with van der Waals surface area (Å²) in [7, 11) is 0. The summed E-state index contributed by atoms with van der Waals surface area (Å²) in [4.78, 5) is 0. The van der Waals surface area contributed by atoms with Gasteiger partial charge in [0.05, 0.1) is 0 Å². The summed E-state index contributed by atoms with van der Waals surface area (Å²) in [5.74, 6) is 4.96. The normalized spacial score (nSPS) is 33.2. The molecule has 0 spiro atoms. The smallest absolute Gasteiger partial charge is 0.00462 e. The topological polar surface area (TPSA) is 12.0 Å². The second-order valence-electron chi connectivity index (χ2n) is 6.98. The van der Waals surface area contributed by atoms with Crippen molar-refractivity contribution in [3.63, 3.8) is 0 Å². The van der Waals surface area contributed by atoms with Crippen molar-refractivity contribution < 1.29 is 0 Å². The Hall–Kier alpha value is -0.0400. The molecule has 0 radical (unpaired) electrons. The molecule has 17 heavy (non-hydrogen) atoms. The van der Waals surface area contributed by atoms with Crippen molar-refractivity contribution in [2.24, 2.45) is 29.6 Å². The molecule has 1 N–H and O–H groups in total. The largest absolute Gasteiger partial charge is 0.317 e. The Labute approximate surface area is 108 Å². The molecule has 1 saturated heterocycles. The molecule has 1 aliphatic carbocycles. The fraction of sp³-hybridized carbons (Fsp3) is 1.00. The molecule has 1 heteroatoms. The number of nitrogens with one attached hydrogen (secondary N) is 1. The fourth-order valence-corrected chi connectivity index (χ4v) is 4.06. The van der Waals surface area contributed by atoms with E-state index in [2.05, 4.69) is 26.1 Å². The van der Waals surface area contributed by atoms with E-state index in [-0.39, 0.29) is 0 Å². The number of rotatable bonds is 4. The molecular weight excluding hydrogens is 206 g/mol. The van der Waals surface area contributed by atoms with Gasteiger partial charge in [0.25, 0.3) is 0 Å². The molecule has 0 aromatic carbocycles. The van der Waals surface area contributed by atoms with Crippen molar-refractivity contribution in [2.45, 2.75) is 59.3 Å². The molecule has 2 aliphatic rings. The highest BCUT2D eigenvalue weighted by molar-refractivity contribution is 4.81. The minimum atomic E-state index is 0.911. The van der Waals surface area contributed by atoms with Crippen LogP contribution in [0.5, 0.6) is 0 Å². The first-order valence-electron chi connectivity index (χ1n) is 7.87. The summed E-state index contributed by atoms with van der Waals surface area (Å²) in [6, 6.07) is 0. The van der Waals surface area contributed by atoms with Gasteiger partial charge < -0.3 is 5.32 Å². The average molecular weight is 237 g/mol. The Morgan fingerprint density at radius 1 is 0.941 bits per heavy atom. The van der Waals surface area contributed by atoms with Crippen LogP contribution in [0.1, 0.15) is 59.3 Å². The van der Waals surface area contributed by atoms with Crippen molar-refractivity contribution in [1.29, 1.82) is 0 Å². The maximum atomic E-state index is 3.49. The third kappa shape index (κ3) is 3.71. The van der Waals surface area contributed by atoms with Crippen molar-refractivity contribution in [2.75, 3.05) is 13.1 Å². The van der Waals surface area contributed by atoms with Crippen molar-refractivity contribution >= 4 is 0 Å². The van der Waals surface area contributed by atoms with Crippen LogP contribution in [0.25, 0.3) is 0 Å². The van der Waals surface area contributed by atoms with E-state index in [0.717, 1.165) is 29.6 Å². The first-order chi connectivity index (χ1) is 8.16. The highest BCUT2D eigenvalue weighted by Gasteiger charge is 2.29. The minimum absolute atomic E-state index is 0.911. The first-order valence-corrected chi connectivity index (χ1v) is 7.87. The van der Waals surface area contributed by atoms with E-state index in [9.17, 15) is 0 Å². The monoisotopic (exact) mass is 237 g/mol. The Morgan fingerprint density at radius 2 is 1.65 bits per heavy atom. The zero-order chi connectivity index (χ0) is 12.3. The van der Waals surface area contributed by atoms with Crippen LogP contribution in [0, 0.1) is 29.6 Å². The van der Waals surface area contributed by atoms with Crippen LogP contribution in [0.15, 0.2) is 0 Å². The highest BCUT2D eigenvalue weighted by Crippen LogP contribution is 2.40. The lowest BCUT2D eigenvalue weighted by molar-refractivity contribution is 0.231. The molecule has 0 amide bonds. The maximum absolute atomic E-state index is 3.49. The van der Waals surface area contributed by atoms with Crippen LogP contribution in [-0.4, -0.2) is 13.1 Å². The molecular formula is C16H31N. The zero-order valence-corrected chi connectivity index (χ0v) is 12.0. The average Bonchev–Trinajstić information content (AvgIpc) is 2.79. The molecule has 0 aromatic heterocycles. The summed E-state index contributed by atoms with van der Waals surface area (Å²) in [5.41, 5.74) is 0. The molecule has 0 aromatic rings. The predicted octanol–water partition coefficient (Wildman–Crippen LogP) is 4.08. The molecule has 3 unspecified atom stereocenters. The Kier molecular flexibility index (Phi) is 4.90. The van der Waals surface area contributed by atoms with Gasteiger partial charge in [-0.2, -0.15) is 0 Å². The van der Waals surface area contributed by atoms with Gasteiger partial charge in [-0.15, -0.1) is 0 Å². The number of piperidine rings is 1. The number of hydrogen-bond acceptors (Lipinski definition) is 1. The van der Waals surface area contributed by atoms with Crippen LogP contribution < -0.4 is 5.32 Å². The molecule has 1 saturated carbocycles. The first kappa shape index (κ1) is 13.4. The third-order valence-corrected chi connectivity index (χ3v) is 5.42. The van der Waals surface area contributed by atoms with Crippen LogP contribution in [-0.2, 0) is 0 Å². The van der Waals surface area contributed by atoms with Gasteiger partial charge in [-0.25, -0.2) is 0 Å². The summed E-state index contributed by atoms with van der Waals surface area (Å²) in [6.07, 6.45) is 8.88. The molecule has 0 bridgehead atoms. The Morgan fingerprint density at radius 3 is 2.24 bits per heavy atom. The quantitative estimate of drug-likeness (QED) is 0.776. The van der Waals surface area contributed by atoms with Crippen molar-refractivity contribution in [3.05, 3.63) is 0 Å². The SMILES string of the molecule is CC(C)C1CCC(CC(C)C2CCNCC2)C1. The van der Waals surface area contributed by atoms with E-state index < -0.39 is 0 Å². The lowest BCUT2D eigenvalue weighted by atomic mass is 9.80. The molecule has 1 aliphatic heterocycles. The summed E-state index contributed by atoms with van der Waals surface area (Å²) >= 11 is 0. The van der Waals surface area contributed by atoms with E-state index in [1.807, 2.05) is 0 Å². The van der Waals surface area contributed by atoms with Gasteiger partial charge in [0.1, 0.15) is 0 Å². The zero-order valence-electron chi connectivity index (χ0n) is 12.0. The van der Waals surface area contributed by atoms with E-state index in [0.29, 0.717) is 0 Å². The predicted molar refractivity (Wildman–Crippen MR) is 75.0 cm³/mol. The lowest BCUT2D eigenvalue weighted by Crippen LogP contribution is -2.31. The van der Waals surface area contributed by atoms with Gasteiger partial charge in [0.15, 0.2) is 0 Å². The van der Waals surface area contributed by atoms with Gasteiger partial charge in [-0.3, -0.25) is 0 Å². The standard InChI is InChI=1S/C16H31N/c1-12(2)16-5-4-14(11-16)10-13(3)15-6-8-17-9-7-15/h12-17H,4-11H2,1-3H3. The maximum Gasteiger partial charge on any atom is -0.00462 e. The van der Waals surface area contributed by atoms with Crippen LogP contribution in [0.3, 0.4) is 0 Å². The van der Waals surface area contributed by atoms with Crippen molar-refractivity contribution in [3.8, 4) is 0 Å². The lowest BCUT2D eigenvalue weighted by Gasteiger charge is -2.30. The van der Waals surface area contributed by atoms with E-state index in [4.69, 9.17) is 0 Å². The summed E-state index contributed by atoms with van der Waals surface area (Å²) in [6.45, 7) is 9.84. The number of hydrogen-bond donors (Lipinski definition) is 1. The van der Waals surface area contributed by atoms with Gasteiger partial charge in [0.2, 0.25) is 0 Å². The molecule has 2 rings (SSSR count). The molecule has 100 valence electrons. The highest BCUT2D eigenvalue weighted by atomic mass is 14.9. The molecule has 1 heterocycles. The second kappa shape index (κ2) is 6.22. The van der Waals surface area contributed by atoms with Gasteiger partial charge in [-0.05, 0) is 74.8 Å². The Bertz CT molecular complexity index is 218. The minimum Gasteiger partial charge on any atom is -0.317 e. The molecule has 1 nitrogen and oxygen atoms in total. The van der Waals surface area contributed by atoms with Crippen LogP contribution in [0.2, 0.25) is 0 Å². The van der Waals surface area contributed by atoms with Gasteiger partial charge >= 0.3 is 0 Å². The van der Waals surface area contributed by atoms with Gasteiger partial charge in [0, 0.05) is 0 Å². The van der Waals surface area contributed by atoms with Gasteiger partial charge in [-0.1, -0.05) is 27.2 Å².